The van der Waals surface area contributed by atoms with Crippen molar-refractivity contribution in [3.8, 4) is 0 Å². The SMILES string of the molecule is CC(=O)N1CCCCCCCN(Cc2cccnc2)Cc2cc(C(=O)NCC(O)CO)ccc21. The number of carbonyl (C=O) groups excluding carboxylic acids is 2. The van der Waals surface area contributed by atoms with Gasteiger partial charge in [-0.05, 0) is 54.8 Å². The van der Waals surface area contributed by atoms with E-state index >= 15 is 0 Å². The molecule has 0 fully saturated rings. The van der Waals surface area contributed by atoms with Crippen molar-refractivity contribution in [2.24, 2.45) is 0 Å². The summed E-state index contributed by atoms with van der Waals surface area (Å²) in [7, 11) is 0. The van der Waals surface area contributed by atoms with Crippen LogP contribution in [0.1, 0.15) is 60.5 Å². The average molecular weight is 469 g/mol. The molecule has 2 aromatic rings. The van der Waals surface area contributed by atoms with Gasteiger partial charge in [0.1, 0.15) is 0 Å². The molecule has 0 radical (unpaired) electrons. The number of aromatic nitrogens is 1. The molecule has 3 N–H and O–H groups in total. The maximum atomic E-state index is 12.7. The highest BCUT2D eigenvalue weighted by Crippen LogP contribution is 2.26. The third-order valence-corrected chi connectivity index (χ3v) is 6.10. The maximum absolute atomic E-state index is 12.7. The number of hydrogen-bond donors (Lipinski definition) is 3. The quantitative estimate of drug-likeness (QED) is 0.602. The molecule has 0 aliphatic carbocycles. The smallest absolute Gasteiger partial charge is 0.251 e. The van der Waals surface area contributed by atoms with E-state index in [4.69, 9.17) is 5.11 Å². The van der Waals surface area contributed by atoms with Crippen LogP contribution in [0.3, 0.4) is 0 Å². The Morgan fingerprint density at radius 2 is 1.88 bits per heavy atom. The number of anilines is 1. The lowest BCUT2D eigenvalue weighted by Gasteiger charge is -2.29. The Kier molecular flexibility index (Phi) is 10.00. The highest BCUT2D eigenvalue weighted by atomic mass is 16.3. The summed E-state index contributed by atoms with van der Waals surface area (Å²) in [6.45, 7) is 4.02. The molecule has 1 aromatic carbocycles. The van der Waals surface area contributed by atoms with Gasteiger partial charge < -0.3 is 20.4 Å². The van der Waals surface area contributed by atoms with E-state index in [9.17, 15) is 14.7 Å². The average Bonchev–Trinajstić information content (AvgIpc) is 2.83. The van der Waals surface area contributed by atoms with Crippen LogP contribution in [0, 0.1) is 0 Å². The van der Waals surface area contributed by atoms with Gasteiger partial charge in [-0.2, -0.15) is 0 Å². The number of nitrogens with one attached hydrogen (secondary N) is 1. The summed E-state index contributed by atoms with van der Waals surface area (Å²) < 4.78 is 0. The largest absolute Gasteiger partial charge is 0.394 e. The van der Waals surface area contributed by atoms with Gasteiger partial charge in [0.15, 0.2) is 0 Å². The fourth-order valence-corrected chi connectivity index (χ4v) is 4.28. The minimum absolute atomic E-state index is 0.0135. The third kappa shape index (κ3) is 7.62. The first-order chi connectivity index (χ1) is 16.5. The molecule has 8 nitrogen and oxygen atoms in total. The van der Waals surface area contributed by atoms with E-state index in [2.05, 4.69) is 21.3 Å². The Labute approximate surface area is 201 Å². The number of aliphatic hydroxyl groups excluding tert-OH is 2. The van der Waals surface area contributed by atoms with Gasteiger partial charge in [-0.25, -0.2) is 0 Å². The predicted molar refractivity (Wildman–Crippen MR) is 131 cm³/mol. The van der Waals surface area contributed by atoms with Crippen LogP contribution in [0.5, 0.6) is 0 Å². The minimum atomic E-state index is -1.00. The summed E-state index contributed by atoms with van der Waals surface area (Å²) in [6.07, 6.45) is 8.04. The molecule has 2 amide bonds. The van der Waals surface area contributed by atoms with Crippen molar-refractivity contribution >= 4 is 17.5 Å². The topological polar surface area (TPSA) is 106 Å². The Morgan fingerprint density at radius 3 is 2.59 bits per heavy atom. The van der Waals surface area contributed by atoms with Crippen molar-refractivity contribution in [2.75, 3.05) is 31.1 Å². The number of aliphatic hydroxyl groups is 2. The van der Waals surface area contributed by atoms with E-state index in [1.165, 1.54) is 0 Å². The van der Waals surface area contributed by atoms with Gasteiger partial charge in [0, 0.05) is 56.7 Å². The maximum Gasteiger partial charge on any atom is 0.251 e. The van der Waals surface area contributed by atoms with E-state index in [0.717, 1.165) is 62.0 Å². The fraction of sp³-hybridized carbons (Fsp3) is 0.500. The highest BCUT2D eigenvalue weighted by Gasteiger charge is 2.20. The molecule has 8 heteroatoms. The number of fused-ring (bicyclic) bond motifs is 1. The summed E-state index contributed by atoms with van der Waals surface area (Å²) in [4.78, 5) is 33.7. The molecule has 1 atom stereocenters. The first kappa shape index (κ1) is 25.8. The molecule has 0 saturated carbocycles. The van der Waals surface area contributed by atoms with Crippen molar-refractivity contribution in [1.29, 1.82) is 0 Å². The van der Waals surface area contributed by atoms with Gasteiger partial charge in [0.2, 0.25) is 5.91 Å². The molecule has 184 valence electrons. The molecule has 1 aromatic heterocycles. The molecule has 0 spiro atoms. The number of benzene rings is 1. The van der Waals surface area contributed by atoms with Gasteiger partial charge in [0.25, 0.3) is 5.91 Å². The Morgan fingerprint density at radius 1 is 1.12 bits per heavy atom. The van der Waals surface area contributed by atoms with Crippen LogP contribution < -0.4 is 10.2 Å². The number of rotatable bonds is 6. The van der Waals surface area contributed by atoms with E-state index < -0.39 is 12.7 Å². The van der Waals surface area contributed by atoms with Crippen molar-refractivity contribution in [3.05, 3.63) is 59.4 Å². The van der Waals surface area contributed by atoms with Gasteiger partial charge in [-0.15, -0.1) is 0 Å². The van der Waals surface area contributed by atoms with Gasteiger partial charge in [0.05, 0.1) is 12.7 Å². The van der Waals surface area contributed by atoms with E-state index in [1.54, 1.807) is 19.2 Å². The van der Waals surface area contributed by atoms with Gasteiger partial charge in [-0.1, -0.05) is 25.3 Å². The van der Waals surface area contributed by atoms with Crippen LogP contribution in [0.2, 0.25) is 0 Å². The van der Waals surface area contributed by atoms with Crippen LogP contribution in [-0.4, -0.2) is 64.3 Å². The van der Waals surface area contributed by atoms with E-state index in [0.29, 0.717) is 18.7 Å². The summed E-state index contributed by atoms with van der Waals surface area (Å²) in [6, 6.07) is 9.39. The van der Waals surface area contributed by atoms with Gasteiger partial charge in [-0.3, -0.25) is 19.5 Å². The highest BCUT2D eigenvalue weighted by molar-refractivity contribution is 5.97. The molecular weight excluding hydrogens is 432 g/mol. The molecule has 0 bridgehead atoms. The molecule has 2 heterocycles. The van der Waals surface area contributed by atoms with Crippen LogP contribution in [0.15, 0.2) is 42.7 Å². The molecular formula is C26H36N4O4. The minimum Gasteiger partial charge on any atom is -0.394 e. The Hall–Kier alpha value is -2.81. The second-order valence-corrected chi connectivity index (χ2v) is 8.90. The van der Waals surface area contributed by atoms with Crippen LogP contribution in [0.25, 0.3) is 0 Å². The standard InChI is InChI=1S/C26H36N4O4/c1-20(32)30-13-6-4-2-3-5-12-29(17-21-8-7-11-27-15-21)18-23-14-22(9-10-25(23)30)26(34)28-16-24(33)19-31/h7-11,14-15,24,31,33H,2-6,12-13,16-19H2,1H3,(H,28,34). The fourth-order valence-electron chi connectivity index (χ4n) is 4.28. The zero-order valence-corrected chi connectivity index (χ0v) is 19.9. The third-order valence-electron chi connectivity index (χ3n) is 6.10. The van der Waals surface area contributed by atoms with Crippen molar-refractivity contribution < 1.29 is 19.8 Å². The zero-order valence-electron chi connectivity index (χ0n) is 19.9. The number of pyridine rings is 1. The summed E-state index contributed by atoms with van der Waals surface area (Å²) in [5.74, 6) is -0.338. The lowest BCUT2D eigenvalue weighted by molar-refractivity contribution is -0.116. The zero-order chi connectivity index (χ0) is 24.3. The van der Waals surface area contributed by atoms with Crippen LogP contribution in [0.4, 0.5) is 5.69 Å². The lowest BCUT2D eigenvalue weighted by atomic mass is 10.0. The molecule has 3 rings (SSSR count). The van der Waals surface area contributed by atoms with Gasteiger partial charge >= 0.3 is 0 Å². The Balaban J connectivity index is 1.93. The lowest BCUT2D eigenvalue weighted by Crippen LogP contribution is -2.35. The first-order valence-electron chi connectivity index (χ1n) is 12.1. The number of amides is 2. The molecule has 1 unspecified atom stereocenters. The summed E-state index contributed by atoms with van der Waals surface area (Å²) >= 11 is 0. The predicted octanol–water partition coefficient (Wildman–Crippen LogP) is 2.48. The molecule has 1 aliphatic heterocycles. The number of hydrogen-bond acceptors (Lipinski definition) is 6. The molecule has 0 saturated heterocycles. The van der Waals surface area contributed by atoms with Crippen LogP contribution >= 0.6 is 0 Å². The summed E-state index contributed by atoms with van der Waals surface area (Å²) in [5, 5.41) is 21.2. The van der Waals surface area contributed by atoms with Crippen LogP contribution in [-0.2, 0) is 17.9 Å². The second-order valence-electron chi connectivity index (χ2n) is 8.90. The Bertz CT molecular complexity index is 938. The van der Waals surface area contributed by atoms with E-state index in [1.807, 2.05) is 29.3 Å². The van der Waals surface area contributed by atoms with Crippen molar-refractivity contribution in [1.82, 2.24) is 15.2 Å². The van der Waals surface area contributed by atoms with E-state index in [-0.39, 0.29) is 18.4 Å². The number of carbonyl (C=O) groups is 2. The molecule has 1 aliphatic rings. The first-order valence-corrected chi connectivity index (χ1v) is 12.1. The monoisotopic (exact) mass is 468 g/mol. The second kappa shape index (κ2) is 13.2. The normalized spacial score (nSPS) is 16.6. The molecule has 34 heavy (non-hydrogen) atoms. The van der Waals surface area contributed by atoms with Crippen molar-refractivity contribution in [3.63, 3.8) is 0 Å². The summed E-state index contributed by atoms with van der Waals surface area (Å²) in [5.41, 5.74) is 3.32. The number of nitrogens with zero attached hydrogens (tertiary/aromatic N) is 3. The van der Waals surface area contributed by atoms with Crippen molar-refractivity contribution in [2.45, 2.75) is 58.2 Å².